The Morgan fingerprint density at radius 2 is 1.97 bits per heavy atom. The number of aromatic nitrogens is 1. The average molecular weight is 537 g/mol. The number of hydrogen-bond donors (Lipinski definition) is 3. The number of nitrogens with zero attached hydrogens (tertiary/aromatic N) is 2. The fraction of sp³-hybridized carbons (Fsp3) is 0.520. The van der Waals surface area contributed by atoms with Crippen molar-refractivity contribution in [3.8, 4) is 6.07 Å². The summed E-state index contributed by atoms with van der Waals surface area (Å²) < 4.78 is 70.7. The molecule has 4 aliphatic rings. The molecule has 6 rings (SSSR count). The molecule has 1 aromatic heterocycles. The minimum absolute atomic E-state index is 0.0107. The maximum Gasteiger partial charge on any atom is 0.271 e. The highest BCUT2D eigenvalue weighted by Gasteiger charge is 2.60. The van der Waals surface area contributed by atoms with Crippen LogP contribution in [0.1, 0.15) is 54.6 Å². The van der Waals surface area contributed by atoms with Gasteiger partial charge in [-0.1, -0.05) is 0 Å². The smallest absolute Gasteiger partial charge is 0.271 e. The molecule has 0 radical (unpaired) electrons. The third-order valence-corrected chi connectivity index (χ3v) is 7.79. The Labute approximate surface area is 213 Å². The van der Waals surface area contributed by atoms with E-state index in [1.807, 2.05) is 6.07 Å². The van der Waals surface area contributed by atoms with Crippen molar-refractivity contribution in [2.75, 3.05) is 6.54 Å². The SMILES string of the molecule is N#C[C@H](C[C@@H]1CCNC1=O)NC(=O)[C@@H]1[C@@H]2CC[C@@H](CC2(F)F)N1C(=O)c1cc2c(C(F)F)cc(F)cc2[nH]1. The Hall–Kier alpha value is -3.69. The van der Waals surface area contributed by atoms with Crippen molar-refractivity contribution in [3.63, 3.8) is 0 Å². The molecule has 4 heterocycles. The summed E-state index contributed by atoms with van der Waals surface area (Å²) >= 11 is 0. The van der Waals surface area contributed by atoms with Crippen LogP contribution in [-0.4, -0.2) is 58.2 Å². The van der Waals surface area contributed by atoms with Crippen LogP contribution in [0.15, 0.2) is 18.2 Å². The van der Waals surface area contributed by atoms with Gasteiger partial charge >= 0.3 is 0 Å². The molecule has 202 valence electrons. The van der Waals surface area contributed by atoms with Crippen LogP contribution in [0.25, 0.3) is 10.9 Å². The number of nitriles is 1. The number of piperidine rings is 2. The molecule has 38 heavy (non-hydrogen) atoms. The molecule has 1 aromatic carbocycles. The first-order chi connectivity index (χ1) is 18.0. The zero-order valence-electron chi connectivity index (χ0n) is 19.9. The van der Waals surface area contributed by atoms with E-state index in [9.17, 15) is 41.6 Å². The van der Waals surface area contributed by atoms with Crippen molar-refractivity contribution >= 4 is 28.6 Å². The lowest BCUT2D eigenvalue weighted by molar-refractivity contribution is -0.179. The molecule has 2 aromatic rings. The molecular weight excluding hydrogens is 513 g/mol. The fourth-order valence-corrected chi connectivity index (χ4v) is 6.02. The number of halogens is 5. The zero-order valence-corrected chi connectivity index (χ0v) is 19.9. The van der Waals surface area contributed by atoms with Crippen molar-refractivity contribution in [1.82, 2.24) is 20.5 Å². The fourth-order valence-electron chi connectivity index (χ4n) is 6.02. The maximum atomic E-state index is 14.9. The predicted molar refractivity (Wildman–Crippen MR) is 123 cm³/mol. The largest absolute Gasteiger partial charge is 0.356 e. The molecule has 0 spiro atoms. The topological polar surface area (TPSA) is 118 Å². The summed E-state index contributed by atoms with van der Waals surface area (Å²) in [5, 5.41) is 14.5. The monoisotopic (exact) mass is 537 g/mol. The van der Waals surface area contributed by atoms with Gasteiger partial charge in [0.15, 0.2) is 0 Å². The number of carbonyl (C=O) groups is 3. The van der Waals surface area contributed by atoms with Crippen molar-refractivity contribution in [1.29, 1.82) is 5.26 Å². The highest BCUT2D eigenvalue weighted by Crippen LogP contribution is 2.49. The van der Waals surface area contributed by atoms with Crippen LogP contribution in [0.2, 0.25) is 0 Å². The molecule has 1 aliphatic carbocycles. The number of H-pyrrole nitrogens is 1. The van der Waals surface area contributed by atoms with E-state index < -0.39 is 71.9 Å². The maximum absolute atomic E-state index is 14.9. The van der Waals surface area contributed by atoms with E-state index in [1.54, 1.807) is 0 Å². The summed E-state index contributed by atoms with van der Waals surface area (Å²) in [7, 11) is 0. The number of rotatable bonds is 6. The number of benzene rings is 1. The van der Waals surface area contributed by atoms with Gasteiger partial charge in [0.05, 0.1) is 12.0 Å². The minimum Gasteiger partial charge on any atom is -0.356 e. The van der Waals surface area contributed by atoms with E-state index >= 15 is 0 Å². The summed E-state index contributed by atoms with van der Waals surface area (Å²) in [4.78, 5) is 42.5. The van der Waals surface area contributed by atoms with Gasteiger partial charge in [-0.25, -0.2) is 22.0 Å². The molecule has 3 saturated heterocycles. The molecule has 8 nitrogen and oxygen atoms in total. The van der Waals surface area contributed by atoms with Crippen molar-refractivity contribution in [2.24, 2.45) is 11.8 Å². The molecule has 3 N–H and O–H groups in total. The normalized spacial score (nSPS) is 26.9. The van der Waals surface area contributed by atoms with Gasteiger partial charge in [-0.3, -0.25) is 14.4 Å². The van der Waals surface area contributed by atoms with Gasteiger partial charge in [-0.05, 0) is 43.9 Å². The number of amides is 3. The van der Waals surface area contributed by atoms with E-state index in [1.165, 1.54) is 0 Å². The first-order valence-corrected chi connectivity index (χ1v) is 12.3. The lowest BCUT2D eigenvalue weighted by atomic mass is 9.71. The van der Waals surface area contributed by atoms with E-state index in [4.69, 9.17) is 0 Å². The number of fused-ring (bicyclic) bond motifs is 4. The Bertz CT molecular complexity index is 1340. The molecular formula is C25H24F5N5O3. The Kier molecular flexibility index (Phi) is 6.53. The summed E-state index contributed by atoms with van der Waals surface area (Å²) in [5.41, 5.74) is -0.957. The highest BCUT2D eigenvalue weighted by molar-refractivity contribution is 6.01. The third kappa shape index (κ3) is 4.46. The quantitative estimate of drug-likeness (QED) is 0.490. The summed E-state index contributed by atoms with van der Waals surface area (Å²) in [6.07, 6.45) is -3.07. The van der Waals surface area contributed by atoms with Crippen molar-refractivity contribution in [3.05, 3.63) is 35.3 Å². The lowest BCUT2D eigenvalue weighted by Crippen LogP contribution is -2.68. The van der Waals surface area contributed by atoms with E-state index in [0.29, 0.717) is 19.0 Å². The lowest BCUT2D eigenvalue weighted by Gasteiger charge is -2.53. The molecule has 3 aliphatic heterocycles. The summed E-state index contributed by atoms with van der Waals surface area (Å²) in [6, 6.07) is 0.789. The number of nitrogens with one attached hydrogen (secondary N) is 3. The molecule has 1 saturated carbocycles. The van der Waals surface area contributed by atoms with Gasteiger partial charge in [0.2, 0.25) is 11.8 Å². The van der Waals surface area contributed by atoms with Crippen LogP contribution < -0.4 is 10.6 Å². The molecule has 0 unspecified atom stereocenters. The second-order valence-corrected chi connectivity index (χ2v) is 10.1. The first kappa shape index (κ1) is 25.9. The number of aromatic amines is 1. The van der Waals surface area contributed by atoms with Gasteiger partial charge in [0.1, 0.15) is 23.6 Å². The van der Waals surface area contributed by atoms with Crippen LogP contribution in [0.3, 0.4) is 0 Å². The van der Waals surface area contributed by atoms with Crippen LogP contribution in [0.4, 0.5) is 22.0 Å². The van der Waals surface area contributed by atoms with Gasteiger partial charge in [0.25, 0.3) is 18.3 Å². The molecule has 4 fully saturated rings. The number of carbonyl (C=O) groups excluding carboxylic acids is 3. The van der Waals surface area contributed by atoms with Crippen molar-refractivity contribution in [2.45, 2.75) is 62.6 Å². The second kappa shape index (κ2) is 9.56. The van der Waals surface area contributed by atoms with E-state index in [2.05, 4.69) is 15.6 Å². The van der Waals surface area contributed by atoms with E-state index in [-0.39, 0.29) is 41.8 Å². The van der Waals surface area contributed by atoms with Crippen LogP contribution in [-0.2, 0) is 9.59 Å². The minimum atomic E-state index is -3.25. The standard InChI is InChI=1S/C25H24F5N5O3/c26-12-6-16(21(27)28)15-8-19(34-18(15)7-12)24(38)35-14-1-2-17(25(29,30)9-14)20(35)23(37)33-13(10-31)5-11-3-4-32-22(11)36/h6-8,11,13-14,17,20-21,34H,1-5,9H2,(H,32,36)(H,33,37)/t11-,13-,14-,17-,20-/m0/s1. The second-order valence-electron chi connectivity index (χ2n) is 10.1. The zero-order chi connectivity index (χ0) is 27.4. The average Bonchev–Trinajstić information content (AvgIpc) is 3.47. The molecule has 3 amide bonds. The number of alkyl halides is 4. The predicted octanol–water partition coefficient (Wildman–Crippen LogP) is 3.41. The highest BCUT2D eigenvalue weighted by atomic mass is 19.3. The first-order valence-electron chi connectivity index (χ1n) is 12.3. The Morgan fingerprint density at radius 3 is 2.61 bits per heavy atom. The Morgan fingerprint density at radius 1 is 1.21 bits per heavy atom. The molecule has 2 bridgehead atoms. The molecule has 5 atom stereocenters. The third-order valence-electron chi connectivity index (χ3n) is 7.79. The van der Waals surface area contributed by atoms with Gasteiger partial charge < -0.3 is 20.5 Å². The van der Waals surface area contributed by atoms with Crippen molar-refractivity contribution < 1.29 is 36.3 Å². The van der Waals surface area contributed by atoms with Gasteiger partial charge in [0, 0.05) is 41.4 Å². The van der Waals surface area contributed by atoms with Crippen LogP contribution in [0.5, 0.6) is 0 Å². The van der Waals surface area contributed by atoms with Crippen LogP contribution in [0, 0.1) is 29.0 Å². The Balaban J connectivity index is 1.46. The van der Waals surface area contributed by atoms with Gasteiger partial charge in [-0.15, -0.1) is 0 Å². The number of hydrogen-bond acceptors (Lipinski definition) is 4. The van der Waals surface area contributed by atoms with Gasteiger partial charge in [-0.2, -0.15) is 5.26 Å². The summed E-state index contributed by atoms with van der Waals surface area (Å²) in [5.74, 6) is -8.31. The van der Waals surface area contributed by atoms with E-state index in [0.717, 1.165) is 17.0 Å². The summed E-state index contributed by atoms with van der Waals surface area (Å²) in [6.45, 7) is 0.429. The molecule has 13 heteroatoms. The van der Waals surface area contributed by atoms with Crippen LogP contribution >= 0.6 is 0 Å².